The highest BCUT2D eigenvalue weighted by Gasteiger charge is 2.09. The summed E-state index contributed by atoms with van der Waals surface area (Å²) in [5.74, 6) is 0.844. The Morgan fingerprint density at radius 1 is 1.35 bits per heavy atom. The molecule has 17 heavy (non-hydrogen) atoms. The van der Waals surface area contributed by atoms with Crippen molar-refractivity contribution in [3.8, 4) is 5.75 Å². The van der Waals surface area contributed by atoms with Crippen LogP contribution in [0.15, 0.2) is 18.2 Å². The van der Waals surface area contributed by atoms with Crippen LogP contribution in [0.4, 0.5) is 0 Å². The van der Waals surface area contributed by atoms with E-state index in [0.717, 1.165) is 37.2 Å². The van der Waals surface area contributed by atoms with Gasteiger partial charge in [0.15, 0.2) is 0 Å². The minimum atomic E-state index is 0.109. The Morgan fingerprint density at radius 2 is 2.12 bits per heavy atom. The highest BCUT2D eigenvalue weighted by atomic mass is 35.5. The number of nitrogens with two attached hydrogens (primary N) is 1. The van der Waals surface area contributed by atoms with Crippen LogP contribution in [0.25, 0.3) is 0 Å². The smallest absolute Gasteiger partial charge is 0.122 e. The minimum absolute atomic E-state index is 0.109. The molecule has 96 valence electrons. The average molecular weight is 258 g/mol. The molecule has 1 atom stereocenters. The molecule has 0 aliphatic rings. The Bertz CT molecular complexity index is 344. The maximum atomic E-state index is 6.07. The van der Waals surface area contributed by atoms with Crippen LogP contribution < -0.4 is 10.5 Å². The largest absolute Gasteiger partial charge is 0.496 e. The van der Waals surface area contributed by atoms with Crippen molar-refractivity contribution in [3.63, 3.8) is 0 Å². The zero-order chi connectivity index (χ0) is 12.7. The molecule has 1 rings (SSSR count). The molecule has 0 aliphatic heterocycles. The Balaban J connectivity index is 2.57. The quantitative estimate of drug-likeness (QED) is 0.764. The van der Waals surface area contributed by atoms with Crippen LogP contribution in [-0.2, 0) is 11.2 Å². The Kier molecular flexibility index (Phi) is 6.34. The number of methoxy groups -OCH3 is 2. The van der Waals surface area contributed by atoms with Crippen LogP contribution in [0.3, 0.4) is 0 Å². The molecule has 3 nitrogen and oxygen atoms in total. The molecule has 0 aliphatic carbocycles. The van der Waals surface area contributed by atoms with Crippen LogP contribution in [0.5, 0.6) is 5.75 Å². The van der Waals surface area contributed by atoms with Crippen molar-refractivity contribution in [1.82, 2.24) is 0 Å². The molecule has 0 radical (unpaired) electrons. The summed E-state index contributed by atoms with van der Waals surface area (Å²) in [4.78, 5) is 0. The highest BCUT2D eigenvalue weighted by molar-refractivity contribution is 6.30. The second-order valence-electron chi connectivity index (χ2n) is 4.06. The number of hydrogen-bond acceptors (Lipinski definition) is 3. The van der Waals surface area contributed by atoms with Gasteiger partial charge >= 0.3 is 0 Å². The Hall–Kier alpha value is -0.770. The zero-order valence-corrected chi connectivity index (χ0v) is 11.2. The fourth-order valence-electron chi connectivity index (χ4n) is 1.78. The van der Waals surface area contributed by atoms with Crippen LogP contribution in [0, 0.1) is 0 Å². The van der Waals surface area contributed by atoms with Crippen LogP contribution in [0.1, 0.15) is 18.4 Å². The summed E-state index contributed by atoms with van der Waals surface area (Å²) in [6, 6.07) is 5.72. The first-order chi connectivity index (χ1) is 8.17. The van der Waals surface area contributed by atoms with Crippen LogP contribution >= 0.6 is 11.6 Å². The fraction of sp³-hybridized carbons (Fsp3) is 0.538. The number of ether oxygens (including phenoxy) is 2. The number of hydrogen-bond donors (Lipinski definition) is 1. The second kappa shape index (κ2) is 7.54. The average Bonchev–Trinajstić information content (AvgIpc) is 2.29. The molecule has 0 spiro atoms. The third-order valence-corrected chi connectivity index (χ3v) is 2.88. The molecule has 0 heterocycles. The molecule has 0 aromatic heterocycles. The molecule has 0 amide bonds. The number of rotatable bonds is 7. The predicted octanol–water partition coefficient (Wildman–Crippen LogP) is 2.65. The van der Waals surface area contributed by atoms with E-state index >= 15 is 0 Å². The van der Waals surface area contributed by atoms with E-state index in [1.165, 1.54) is 0 Å². The van der Waals surface area contributed by atoms with Crippen molar-refractivity contribution in [2.75, 3.05) is 20.8 Å². The van der Waals surface area contributed by atoms with E-state index < -0.39 is 0 Å². The highest BCUT2D eigenvalue weighted by Crippen LogP contribution is 2.24. The molecule has 2 N–H and O–H groups in total. The van der Waals surface area contributed by atoms with E-state index in [1.54, 1.807) is 14.2 Å². The van der Waals surface area contributed by atoms with Crippen molar-refractivity contribution in [1.29, 1.82) is 0 Å². The topological polar surface area (TPSA) is 44.5 Å². The van der Waals surface area contributed by atoms with Gasteiger partial charge in [-0.25, -0.2) is 0 Å². The summed E-state index contributed by atoms with van der Waals surface area (Å²) in [5, 5.41) is 0.713. The van der Waals surface area contributed by atoms with E-state index in [1.807, 2.05) is 18.2 Å². The van der Waals surface area contributed by atoms with Gasteiger partial charge in [-0.15, -0.1) is 0 Å². The Labute approximate surface area is 108 Å². The third-order valence-electron chi connectivity index (χ3n) is 2.65. The monoisotopic (exact) mass is 257 g/mol. The molecule has 0 fully saturated rings. The van der Waals surface area contributed by atoms with Gasteiger partial charge in [0.25, 0.3) is 0 Å². The lowest BCUT2D eigenvalue weighted by Gasteiger charge is -2.14. The first-order valence-corrected chi connectivity index (χ1v) is 6.12. The first kappa shape index (κ1) is 14.3. The first-order valence-electron chi connectivity index (χ1n) is 5.74. The van der Waals surface area contributed by atoms with Crippen molar-refractivity contribution in [2.45, 2.75) is 25.3 Å². The van der Waals surface area contributed by atoms with Crippen molar-refractivity contribution < 1.29 is 9.47 Å². The fourth-order valence-corrected chi connectivity index (χ4v) is 1.98. The number of benzene rings is 1. The van der Waals surface area contributed by atoms with Crippen molar-refractivity contribution in [2.24, 2.45) is 5.73 Å². The molecule has 1 aromatic carbocycles. The molecule has 0 saturated heterocycles. The maximum Gasteiger partial charge on any atom is 0.122 e. The van der Waals surface area contributed by atoms with Gasteiger partial charge in [0.2, 0.25) is 0 Å². The molecule has 1 unspecified atom stereocenters. The molecule has 0 bridgehead atoms. The van der Waals surface area contributed by atoms with Crippen molar-refractivity contribution in [3.05, 3.63) is 28.8 Å². The predicted molar refractivity (Wildman–Crippen MR) is 70.8 cm³/mol. The summed E-state index contributed by atoms with van der Waals surface area (Å²) in [7, 11) is 3.36. The van der Waals surface area contributed by atoms with Gasteiger partial charge in [-0.1, -0.05) is 11.6 Å². The van der Waals surface area contributed by atoms with E-state index in [9.17, 15) is 0 Å². The third kappa shape index (κ3) is 4.94. The minimum Gasteiger partial charge on any atom is -0.496 e. The van der Waals surface area contributed by atoms with Gasteiger partial charge in [-0.05, 0) is 43.0 Å². The lowest BCUT2D eigenvalue weighted by Crippen LogP contribution is -2.23. The summed E-state index contributed by atoms with van der Waals surface area (Å²) < 4.78 is 10.3. The van der Waals surface area contributed by atoms with Gasteiger partial charge in [0, 0.05) is 24.8 Å². The lowest BCUT2D eigenvalue weighted by molar-refractivity contribution is 0.190. The van der Waals surface area contributed by atoms with Gasteiger partial charge in [-0.2, -0.15) is 0 Å². The molecule has 4 heteroatoms. The molecular weight excluding hydrogens is 238 g/mol. The normalized spacial score (nSPS) is 12.5. The van der Waals surface area contributed by atoms with Gasteiger partial charge in [0.1, 0.15) is 5.75 Å². The SMILES string of the molecule is COCCCC(N)Cc1cc(Cl)ccc1OC. The van der Waals surface area contributed by atoms with Gasteiger partial charge < -0.3 is 15.2 Å². The summed E-state index contributed by atoms with van der Waals surface area (Å²) in [5.41, 5.74) is 7.13. The summed E-state index contributed by atoms with van der Waals surface area (Å²) in [6.07, 6.45) is 2.68. The van der Waals surface area contributed by atoms with Gasteiger partial charge in [0.05, 0.1) is 7.11 Å². The Morgan fingerprint density at radius 3 is 2.76 bits per heavy atom. The van der Waals surface area contributed by atoms with Gasteiger partial charge in [-0.3, -0.25) is 0 Å². The van der Waals surface area contributed by atoms with E-state index in [2.05, 4.69) is 0 Å². The summed E-state index contributed by atoms with van der Waals surface area (Å²) in [6.45, 7) is 0.750. The number of halogens is 1. The van der Waals surface area contributed by atoms with Crippen molar-refractivity contribution >= 4 is 11.6 Å². The van der Waals surface area contributed by atoms with E-state index in [0.29, 0.717) is 5.02 Å². The van der Waals surface area contributed by atoms with E-state index in [-0.39, 0.29) is 6.04 Å². The maximum absolute atomic E-state index is 6.07. The second-order valence-corrected chi connectivity index (χ2v) is 4.49. The molecular formula is C13H20ClNO2. The van der Waals surface area contributed by atoms with Crippen LogP contribution in [0.2, 0.25) is 5.02 Å². The van der Waals surface area contributed by atoms with Crippen LogP contribution in [-0.4, -0.2) is 26.9 Å². The lowest BCUT2D eigenvalue weighted by atomic mass is 10.0. The van der Waals surface area contributed by atoms with E-state index in [4.69, 9.17) is 26.8 Å². The molecule has 1 aromatic rings. The molecule has 0 saturated carbocycles. The summed E-state index contributed by atoms with van der Waals surface area (Å²) >= 11 is 5.97. The zero-order valence-electron chi connectivity index (χ0n) is 10.4. The standard InChI is InChI=1S/C13H20ClNO2/c1-16-7-3-4-12(15)9-10-8-11(14)5-6-13(10)17-2/h5-6,8,12H,3-4,7,9,15H2,1-2H3.